The molecule has 10 heteroatoms. The summed E-state index contributed by atoms with van der Waals surface area (Å²) in [6.07, 6.45) is 2.88. The summed E-state index contributed by atoms with van der Waals surface area (Å²) >= 11 is 0.839. The molecule has 0 saturated carbocycles. The summed E-state index contributed by atoms with van der Waals surface area (Å²) in [7, 11) is 0. The highest BCUT2D eigenvalue weighted by atomic mass is 32.2. The number of carbonyl (C=O) groups is 1. The van der Waals surface area contributed by atoms with Crippen molar-refractivity contribution in [3.05, 3.63) is 17.5 Å². The fourth-order valence-electron chi connectivity index (χ4n) is 2.38. The van der Waals surface area contributed by atoms with Gasteiger partial charge in [-0.1, -0.05) is 23.4 Å². The van der Waals surface area contributed by atoms with Gasteiger partial charge in [0.2, 0.25) is 11.1 Å². The molecule has 1 unspecified atom stereocenters. The van der Waals surface area contributed by atoms with Crippen molar-refractivity contribution in [1.29, 1.82) is 0 Å². The number of hydrogen-bond donors (Lipinski definition) is 2. The van der Waals surface area contributed by atoms with Crippen molar-refractivity contribution >= 4 is 17.7 Å². The van der Waals surface area contributed by atoms with Crippen LogP contribution in [0.1, 0.15) is 44.9 Å². The molecule has 1 heterocycles. The number of alkyl halides is 3. The summed E-state index contributed by atoms with van der Waals surface area (Å²) in [4.78, 5) is 12.0. The first-order valence-electron chi connectivity index (χ1n) is 7.69. The van der Waals surface area contributed by atoms with Gasteiger partial charge in [0, 0.05) is 6.54 Å². The molecule has 6 nitrogen and oxygen atoms in total. The van der Waals surface area contributed by atoms with E-state index in [1.54, 1.807) is 6.92 Å². The van der Waals surface area contributed by atoms with Gasteiger partial charge in [-0.3, -0.25) is 4.79 Å². The van der Waals surface area contributed by atoms with Gasteiger partial charge in [0.15, 0.2) is 0 Å². The van der Waals surface area contributed by atoms with Crippen molar-refractivity contribution in [2.75, 3.05) is 12.4 Å². The third-order valence-corrected chi connectivity index (χ3v) is 4.76. The fraction of sp³-hybridized carbons (Fsp3) is 0.643. The van der Waals surface area contributed by atoms with Gasteiger partial charge in [0.05, 0.1) is 5.25 Å². The fourth-order valence-corrected chi connectivity index (χ4v) is 3.18. The van der Waals surface area contributed by atoms with E-state index in [0.717, 1.165) is 31.0 Å². The Hall–Kier alpha value is -1.71. The van der Waals surface area contributed by atoms with Crippen LogP contribution in [-0.2, 0) is 11.0 Å². The second kappa shape index (κ2) is 7.91. The molecule has 1 amide bonds. The largest absolute Gasteiger partial charge is 0.453 e. The van der Waals surface area contributed by atoms with Gasteiger partial charge in [0.25, 0.3) is 5.82 Å². The number of aromatic nitrogens is 3. The molecule has 24 heavy (non-hydrogen) atoms. The van der Waals surface area contributed by atoms with Crippen LogP contribution in [0.2, 0.25) is 0 Å². The van der Waals surface area contributed by atoms with E-state index < -0.39 is 17.3 Å². The van der Waals surface area contributed by atoms with Crippen LogP contribution in [0, 0.1) is 0 Å². The number of nitrogen functional groups attached to an aromatic ring is 1. The number of amides is 1. The number of nitrogens with two attached hydrogens (primary N) is 1. The van der Waals surface area contributed by atoms with Gasteiger partial charge in [-0.15, -0.1) is 10.2 Å². The van der Waals surface area contributed by atoms with Crippen LogP contribution in [0.5, 0.6) is 0 Å². The molecule has 1 aliphatic carbocycles. The van der Waals surface area contributed by atoms with E-state index in [9.17, 15) is 18.0 Å². The lowest BCUT2D eigenvalue weighted by Gasteiger charge is -2.14. The van der Waals surface area contributed by atoms with Crippen molar-refractivity contribution < 1.29 is 18.0 Å². The van der Waals surface area contributed by atoms with Crippen LogP contribution < -0.4 is 11.2 Å². The van der Waals surface area contributed by atoms with E-state index in [1.807, 2.05) is 0 Å². The maximum absolute atomic E-state index is 12.6. The molecular weight excluding hydrogens is 343 g/mol. The molecule has 134 valence electrons. The number of nitrogens with zero attached hydrogens (tertiary/aromatic N) is 3. The Kier molecular flexibility index (Phi) is 6.14. The first-order chi connectivity index (χ1) is 11.3. The van der Waals surface area contributed by atoms with Crippen LogP contribution in [0.25, 0.3) is 0 Å². The molecule has 3 N–H and O–H groups in total. The standard InChI is InChI=1S/C14H20F3N5OS/c1-9(11(23)19-8-7-10-5-3-2-4-6-10)24-13-21-20-12(22(13)18)14(15,16)17/h5,9H,2-4,6-8,18H2,1H3,(H,19,23). The smallest absolute Gasteiger partial charge is 0.355 e. The third kappa shape index (κ3) is 4.89. The number of rotatable bonds is 6. The molecule has 1 aromatic heterocycles. The topological polar surface area (TPSA) is 85.8 Å². The normalized spacial score (nSPS) is 16.6. The minimum absolute atomic E-state index is 0.153. The zero-order valence-electron chi connectivity index (χ0n) is 13.3. The molecule has 0 aliphatic heterocycles. The molecule has 0 spiro atoms. The van der Waals surface area contributed by atoms with Gasteiger partial charge >= 0.3 is 6.18 Å². The maximum Gasteiger partial charge on any atom is 0.453 e. The first-order valence-corrected chi connectivity index (χ1v) is 8.57. The predicted molar refractivity (Wildman–Crippen MR) is 84.7 cm³/mol. The summed E-state index contributed by atoms with van der Waals surface area (Å²) in [6, 6.07) is 0. The van der Waals surface area contributed by atoms with E-state index in [-0.39, 0.29) is 11.1 Å². The van der Waals surface area contributed by atoms with Gasteiger partial charge in [-0.05, 0) is 39.0 Å². The highest BCUT2D eigenvalue weighted by Gasteiger charge is 2.38. The van der Waals surface area contributed by atoms with Crippen LogP contribution in [-0.4, -0.2) is 32.6 Å². The minimum Gasteiger partial charge on any atom is -0.355 e. The number of hydrogen-bond acceptors (Lipinski definition) is 5. The van der Waals surface area contributed by atoms with E-state index >= 15 is 0 Å². The Morgan fingerprint density at radius 3 is 2.79 bits per heavy atom. The Bertz CT molecular complexity index is 614. The van der Waals surface area contributed by atoms with Gasteiger partial charge < -0.3 is 11.2 Å². The van der Waals surface area contributed by atoms with Crippen molar-refractivity contribution in [1.82, 2.24) is 20.2 Å². The zero-order valence-corrected chi connectivity index (χ0v) is 14.1. The number of thioether (sulfide) groups is 1. The Labute approximate surface area is 142 Å². The van der Waals surface area contributed by atoms with Gasteiger partial charge in [0.1, 0.15) is 0 Å². The zero-order chi connectivity index (χ0) is 17.7. The second-order valence-electron chi connectivity index (χ2n) is 5.58. The first kappa shape index (κ1) is 18.6. The molecule has 0 fully saturated rings. The molecule has 1 aromatic rings. The van der Waals surface area contributed by atoms with E-state index in [0.29, 0.717) is 11.2 Å². The summed E-state index contributed by atoms with van der Waals surface area (Å²) < 4.78 is 38.2. The monoisotopic (exact) mass is 363 g/mol. The molecule has 0 radical (unpaired) electrons. The molecule has 2 rings (SSSR count). The van der Waals surface area contributed by atoms with Crippen molar-refractivity contribution in [2.45, 2.75) is 55.6 Å². The summed E-state index contributed by atoms with van der Waals surface area (Å²) in [6.45, 7) is 2.10. The molecule has 0 bridgehead atoms. The number of nitrogens with one attached hydrogen (secondary N) is 1. The van der Waals surface area contributed by atoms with Crippen molar-refractivity contribution in [3.63, 3.8) is 0 Å². The van der Waals surface area contributed by atoms with Crippen LogP contribution >= 0.6 is 11.8 Å². The van der Waals surface area contributed by atoms with E-state index in [1.165, 1.54) is 18.4 Å². The Balaban J connectivity index is 1.83. The van der Waals surface area contributed by atoms with E-state index in [4.69, 9.17) is 5.84 Å². The molecular formula is C14H20F3N5OS. The average Bonchev–Trinajstić information content (AvgIpc) is 2.89. The van der Waals surface area contributed by atoms with Crippen molar-refractivity contribution in [3.8, 4) is 0 Å². The average molecular weight is 363 g/mol. The third-order valence-electron chi connectivity index (χ3n) is 3.70. The predicted octanol–water partition coefficient (Wildman–Crippen LogP) is 2.50. The second-order valence-corrected chi connectivity index (χ2v) is 6.89. The molecule has 0 aromatic carbocycles. The van der Waals surface area contributed by atoms with E-state index in [2.05, 4.69) is 21.6 Å². The summed E-state index contributed by atoms with van der Waals surface area (Å²) in [5.74, 6) is 3.79. The van der Waals surface area contributed by atoms with Crippen LogP contribution in [0.15, 0.2) is 16.8 Å². The molecule has 1 aliphatic rings. The highest BCUT2D eigenvalue weighted by molar-refractivity contribution is 8.00. The summed E-state index contributed by atoms with van der Waals surface area (Å²) in [5.41, 5.74) is 1.35. The number of allylic oxidation sites excluding steroid dienone is 1. The molecule has 0 saturated heterocycles. The minimum atomic E-state index is -4.68. The van der Waals surface area contributed by atoms with Gasteiger partial charge in [-0.25, -0.2) is 4.68 Å². The van der Waals surface area contributed by atoms with Crippen LogP contribution in [0.4, 0.5) is 13.2 Å². The van der Waals surface area contributed by atoms with Gasteiger partial charge in [-0.2, -0.15) is 13.2 Å². The quantitative estimate of drug-likeness (QED) is 0.461. The lowest BCUT2D eigenvalue weighted by Crippen LogP contribution is -2.32. The SMILES string of the molecule is CC(Sc1nnc(C(F)(F)F)n1N)C(=O)NCCC1=CCCCC1. The Morgan fingerprint density at radius 2 is 2.21 bits per heavy atom. The molecule has 1 atom stereocenters. The highest BCUT2D eigenvalue weighted by Crippen LogP contribution is 2.30. The number of halogens is 3. The van der Waals surface area contributed by atoms with Crippen molar-refractivity contribution in [2.24, 2.45) is 0 Å². The lowest BCUT2D eigenvalue weighted by atomic mass is 9.97. The lowest BCUT2D eigenvalue weighted by molar-refractivity contribution is -0.146. The summed E-state index contributed by atoms with van der Waals surface area (Å²) in [5, 5.41) is 8.43. The Morgan fingerprint density at radius 1 is 1.46 bits per heavy atom. The maximum atomic E-state index is 12.6. The number of carbonyl (C=O) groups excluding carboxylic acids is 1. The van der Waals surface area contributed by atoms with Crippen LogP contribution in [0.3, 0.4) is 0 Å².